The molecule has 7 aromatic carbocycles. The molecule has 4 heteroatoms. The van der Waals surface area contributed by atoms with Crippen molar-refractivity contribution in [3.05, 3.63) is 164 Å². The van der Waals surface area contributed by atoms with Crippen LogP contribution < -0.4 is 0 Å². The Hall–Kier alpha value is -6.39. The fourth-order valence-electron chi connectivity index (χ4n) is 5.73. The Morgan fingerprint density at radius 1 is 0.426 bits per heavy atom. The summed E-state index contributed by atoms with van der Waals surface area (Å²) in [5.41, 5.74) is 2.86. The van der Waals surface area contributed by atoms with Gasteiger partial charge in [0.1, 0.15) is 11.2 Å². The molecule has 0 N–H and O–H groups in total. The summed E-state index contributed by atoms with van der Waals surface area (Å²) in [6.07, 6.45) is 0. The van der Waals surface area contributed by atoms with Crippen LogP contribution in [0.5, 0.6) is 0 Å². The Morgan fingerprint density at radius 2 is 1.11 bits per heavy atom. The zero-order chi connectivity index (χ0) is 41.6. The summed E-state index contributed by atoms with van der Waals surface area (Å²) in [4.78, 5) is 14.6. The summed E-state index contributed by atoms with van der Waals surface area (Å²) in [6.45, 7) is 0. The molecule has 0 amide bonds. The minimum Gasteiger partial charge on any atom is -0.456 e. The Morgan fingerprint density at radius 3 is 1.94 bits per heavy atom. The van der Waals surface area contributed by atoms with E-state index in [9.17, 15) is 0 Å². The molecule has 220 valence electrons. The molecular weight excluding hydrogens is 574 g/mol. The second kappa shape index (κ2) is 11.2. The van der Waals surface area contributed by atoms with Crippen LogP contribution in [-0.4, -0.2) is 15.0 Å². The zero-order valence-corrected chi connectivity index (χ0v) is 24.4. The average molecular weight is 614 g/mol. The van der Waals surface area contributed by atoms with Gasteiger partial charge >= 0.3 is 0 Å². The minimum absolute atomic E-state index is 0.0252. The van der Waals surface area contributed by atoms with E-state index in [1.54, 1.807) is 36.4 Å². The van der Waals surface area contributed by atoms with E-state index in [4.69, 9.17) is 35.8 Å². The van der Waals surface area contributed by atoms with Gasteiger partial charge < -0.3 is 4.42 Å². The highest BCUT2D eigenvalue weighted by Crippen LogP contribution is 2.37. The first-order chi connectivity index (χ1) is 28.3. The lowest BCUT2D eigenvalue weighted by molar-refractivity contribution is 0.669. The number of benzene rings is 7. The third kappa shape index (κ3) is 4.84. The molecule has 0 spiro atoms. The monoisotopic (exact) mass is 613 g/mol. The molecule has 0 radical (unpaired) electrons. The quantitative estimate of drug-likeness (QED) is 0.194. The molecule has 0 aliphatic heterocycles. The zero-order valence-electron chi connectivity index (χ0n) is 36.4. The van der Waals surface area contributed by atoms with Crippen molar-refractivity contribution in [2.45, 2.75) is 0 Å². The first-order valence-corrected chi connectivity index (χ1v) is 14.7. The smallest absolute Gasteiger partial charge is 0.164 e. The predicted molar refractivity (Wildman–Crippen MR) is 192 cm³/mol. The average Bonchev–Trinajstić information content (AvgIpc) is 3.66. The minimum atomic E-state index is -0.496. The molecule has 0 unspecified atom stereocenters. The summed E-state index contributed by atoms with van der Waals surface area (Å²) >= 11 is 0. The number of fused-ring (bicyclic) bond motifs is 4. The van der Waals surface area contributed by atoms with E-state index < -0.39 is 48.3 Å². The van der Waals surface area contributed by atoms with E-state index in [2.05, 4.69) is 0 Å². The van der Waals surface area contributed by atoms with Gasteiger partial charge in [0.15, 0.2) is 17.5 Å². The second-order valence-corrected chi connectivity index (χ2v) is 10.8. The SMILES string of the molecule is [2H]c1c([2H])c([2H])c(-c2ccc3c(-c4nc(-c5ccccc5)nc(-c5ccc(-c6c([2H])c([2H])c([2H])c7oc8c([2H])c([2H])c([2H])c([2H])c8c67)cc5)n4)cccc3c2)c([2H])c1[2H]. The fraction of sp³-hybridized carbons (Fsp3) is 0. The highest BCUT2D eigenvalue weighted by atomic mass is 16.3. The van der Waals surface area contributed by atoms with E-state index in [1.807, 2.05) is 54.6 Å². The van der Waals surface area contributed by atoms with Crippen LogP contribution in [0.25, 0.3) is 89.1 Å². The first kappa shape index (κ1) is 17.3. The Labute approximate surface area is 288 Å². The van der Waals surface area contributed by atoms with Crippen molar-refractivity contribution in [2.75, 3.05) is 0 Å². The van der Waals surface area contributed by atoms with Gasteiger partial charge in [0, 0.05) is 27.5 Å². The van der Waals surface area contributed by atoms with Crippen LogP contribution in [0.3, 0.4) is 0 Å². The molecule has 0 aliphatic carbocycles. The number of hydrogen-bond acceptors (Lipinski definition) is 4. The largest absolute Gasteiger partial charge is 0.456 e. The second-order valence-electron chi connectivity index (χ2n) is 10.8. The van der Waals surface area contributed by atoms with Gasteiger partial charge in [0.25, 0.3) is 0 Å². The van der Waals surface area contributed by atoms with Crippen molar-refractivity contribution in [1.82, 2.24) is 15.0 Å². The van der Waals surface area contributed by atoms with Crippen molar-refractivity contribution < 1.29 is 20.9 Å². The van der Waals surface area contributed by atoms with Gasteiger partial charge in [-0.1, -0.05) is 145 Å². The molecule has 0 atom stereocenters. The maximum Gasteiger partial charge on any atom is 0.164 e. The third-order valence-corrected chi connectivity index (χ3v) is 7.96. The fourth-order valence-corrected chi connectivity index (χ4v) is 5.73. The summed E-state index contributed by atoms with van der Waals surface area (Å²) in [6, 6.07) is 22.3. The molecule has 0 bridgehead atoms. The molecule has 0 fully saturated rings. The van der Waals surface area contributed by atoms with E-state index in [0.29, 0.717) is 39.7 Å². The highest BCUT2D eigenvalue weighted by Gasteiger charge is 2.16. The van der Waals surface area contributed by atoms with Gasteiger partial charge in [-0.25, -0.2) is 15.0 Å². The summed E-state index contributed by atoms with van der Waals surface area (Å²) in [7, 11) is 0. The van der Waals surface area contributed by atoms with Crippen molar-refractivity contribution in [1.29, 1.82) is 0 Å². The molecule has 4 nitrogen and oxygen atoms in total. The van der Waals surface area contributed by atoms with Crippen molar-refractivity contribution in [3.63, 3.8) is 0 Å². The molecule has 2 heterocycles. The Bertz CT molecular complexity index is 3220. The van der Waals surface area contributed by atoms with E-state index in [1.165, 1.54) is 0 Å². The van der Waals surface area contributed by atoms with Gasteiger partial charge in [-0.3, -0.25) is 0 Å². The van der Waals surface area contributed by atoms with Crippen LogP contribution in [0.4, 0.5) is 0 Å². The van der Waals surface area contributed by atoms with Gasteiger partial charge in [-0.15, -0.1) is 0 Å². The summed E-state index contributed by atoms with van der Waals surface area (Å²) < 4.78 is 107. The lowest BCUT2D eigenvalue weighted by atomic mass is 9.98. The topological polar surface area (TPSA) is 51.8 Å². The Kier molecular flexibility index (Phi) is 4.13. The Balaban J connectivity index is 1.20. The van der Waals surface area contributed by atoms with Gasteiger partial charge in [0.05, 0.1) is 16.4 Å². The highest BCUT2D eigenvalue weighted by molar-refractivity contribution is 6.12. The number of para-hydroxylation sites is 1. The standard InChI is InChI=1S/C43H27N3O/c1-3-11-28(12-4-1)32-25-26-34-33(27-32)15-9-18-36(34)43-45-41(30-13-5-2-6-14-30)44-42(46-43)31-23-21-29(22-24-31)35-17-10-20-39-40(35)37-16-7-8-19-38(37)47-39/h1-27H/i1D,3D,4D,7D,8D,10D,11D,12D,16D,17D,19D,20D. The molecule has 2 aromatic heterocycles. The molecule has 9 rings (SSSR count). The molecule has 0 saturated carbocycles. The van der Waals surface area contributed by atoms with Crippen LogP contribution >= 0.6 is 0 Å². The molecule has 0 saturated heterocycles. The van der Waals surface area contributed by atoms with Crippen LogP contribution in [0, 0.1) is 0 Å². The van der Waals surface area contributed by atoms with Crippen molar-refractivity contribution in [3.8, 4) is 56.4 Å². The number of rotatable bonds is 5. The van der Waals surface area contributed by atoms with Crippen LogP contribution in [0.1, 0.15) is 16.4 Å². The number of furan rings is 1. The maximum absolute atomic E-state index is 8.91. The van der Waals surface area contributed by atoms with E-state index >= 15 is 0 Å². The van der Waals surface area contributed by atoms with Crippen molar-refractivity contribution in [2.24, 2.45) is 0 Å². The van der Waals surface area contributed by atoms with E-state index in [0.717, 1.165) is 16.3 Å². The van der Waals surface area contributed by atoms with Crippen LogP contribution in [0.2, 0.25) is 0 Å². The molecule has 0 aliphatic rings. The van der Waals surface area contributed by atoms with Crippen LogP contribution in [0.15, 0.2) is 168 Å². The lowest BCUT2D eigenvalue weighted by Crippen LogP contribution is -2.00. The van der Waals surface area contributed by atoms with E-state index in [-0.39, 0.29) is 57.2 Å². The molecule has 9 aromatic rings. The van der Waals surface area contributed by atoms with Crippen molar-refractivity contribution >= 4 is 32.7 Å². The molecule has 47 heavy (non-hydrogen) atoms. The number of aromatic nitrogens is 3. The normalized spacial score (nSPS) is 15.0. The van der Waals surface area contributed by atoms with Gasteiger partial charge in [-0.05, 0) is 51.2 Å². The lowest BCUT2D eigenvalue weighted by Gasteiger charge is -2.12. The summed E-state index contributed by atoms with van der Waals surface area (Å²) in [5, 5.41) is 1.64. The first-order valence-electron chi connectivity index (χ1n) is 20.7. The summed E-state index contributed by atoms with van der Waals surface area (Å²) in [5.74, 6) is 1.05. The van der Waals surface area contributed by atoms with Gasteiger partial charge in [0.2, 0.25) is 0 Å². The maximum atomic E-state index is 8.91. The molecular formula is C43H27N3O. The predicted octanol–water partition coefficient (Wildman–Crippen LogP) is 11.3. The third-order valence-electron chi connectivity index (χ3n) is 7.96. The number of nitrogens with zero attached hydrogens (tertiary/aromatic N) is 3. The number of hydrogen-bond donors (Lipinski definition) is 0. The van der Waals surface area contributed by atoms with Crippen LogP contribution in [-0.2, 0) is 0 Å². The van der Waals surface area contributed by atoms with Gasteiger partial charge in [-0.2, -0.15) is 0 Å².